The molecule has 2 N–H and O–H groups in total. The summed E-state index contributed by atoms with van der Waals surface area (Å²) in [5.74, 6) is 1.27. The minimum Gasteiger partial charge on any atom is -0.481 e. The first-order valence-corrected chi connectivity index (χ1v) is 7.78. The number of rotatable bonds is 5. The Morgan fingerprint density at radius 3 is 2.32 bits per heavy atom. The van der Waals surface area contributed by atoms with E-state index < -0.39 is 5.97 Å². The van der Waals surface area contributed by atoms with Gasteiger partial charge in [0.15, 0.2) is 0 Å². The van der Waals surface area contributed by atoms with Gasteiger partial charge >= 0.3 is 5.97 Å². The van der Waals surface area contributed by atoms with Crippen LogP contribution >= 0.6 is 0 Å². The van der Waals surface area contributed by atoms with E-state index in [1.807, 2.05) is 0 Å². The van der Waals surface area contributed by atoms with Crippen molar-refractivity contribution >= 4 is 5.97 Å². The number of hydrogen-bond acceptors (Lipinski definition) is 2. The van der Waals surface area contributed by atoms with Crippen molar-refractivity contribution in [3.63, 3.8) is 0 Å². The fourth-order valence-corrected chi connectivity index (χ4v) is 2.68. The predicted octanol–water partition coefficient (Wildman–Crippen LogP) is 4.09. The molecule has 0 aliphatic heterocycles. The van der Waals surface area contributed by atoms with Gasteiger partial charge in [0.05, 0.1) is 6.10 Å². The number of carbonyl (C=O) groups is 1. The molecule has 0 spiro atoms. The minimum atomic E-state index is -0.682. The summed E-state index contributed by atoms with van der Waals surface area (Å²) in [4.78, 5) is 9.87. The summed E-state index contributed by atoms with van der Waals surface area (Å²) >= 11 is 0. The molecule has 3 nitrogen and oxygen atoms in total. The van der Waals surface area contributed by atoms with Gasteiger partial charge in [-0.05, 0) is 37.0 Å². The van der Waals surface area contributed by atoms with E-state index in [0.29, 0.717) is 18.3 Å². The Morgan fingerprint density at radius 2 is 1.89 bits per heavy atom. The highest BCUT2D eigenvalue weighted by Gasteiger charge is 2.28. The van der Waals surface area contributed by atoms with E-state index in [4.69, 9.17) is 5.11 Å². The van der Waals surface area contributed by atoms with Crippen LogP contribution in [0.2, 0.25) is 0 Å². The Balaban J connectivity index is 0.000000362. The molecule has 0 radical (unpaired) electrons. The monoisotopic (exact) mass is 272 g/mol. The van der Waals surface area contributed by atoms with Crippen molar-refractivity contribution in [1.29, 1.82) is 0 Å². The SMILES string of the molecule is CC1CCC(C(C)C)C(O)C1.CCCCCC(=O)O. The van der Waals surface area contributed by atoms with Crippen LogP contribution in [0.5, 0.6) is 0 Å². The first-order valence-electron chi connectivity index (χ1n) is 7.78. The molecular formula is C16H32O3. The highest BCUT2D eigenvalue weighted by molar-refractivity contribution is 5.66. The Hall–Kier alpha value is -0.570. The summed E-state index contributed by atoms with van der Waals surface area (Å²) < 4.78 is 0. The van der Waals surface area contributed by atoms with Crippen molar-refractivity contribution in [2.45, 2.75) is 78.7 Å². The molecule has 0 aromatic carbocycles. The molecule has 1 rings (SSSR count). The second kappa shape index (κ2) is 10.2. The normalized spacial score (nSPS) is 26.7. The van der Waals surface area contributed by atoms with E-state index in [-0.39, 0.29) is 6.10 Å². The van der Waals surface area contributed by atoms with E-state index in [1.54, 1.807) is 0 Å². The first-order chi connectivity index (χ1) is 8.88. The maximum Gasteiger partial charge on any atom is 0.303 e. The van der Waals surface area contributed by atoms with Crippen LogP contribution in [0.1, 0.15) is 72.6 Å². The molecule has 1 aliphatic carbocycles. The van der Waals surface area contributed by atoms with Crippen LogP contribution in [0.3, 0.4) is 0 Å². The van der Waals surface area contributed by atoms with Crippen LogP contribution in [-0.4, -0.2) is 22.3 Å². The zero-order valence-electron chi connectivity index (χ0n) is 13.1. The quantitative estimate of drug-likeness (QED) is 0.741. The number of aliphatic hydroxyl groups is 1. The third-order valence-electron chi connectivity index (χ3n) is 3.98. The lowest BCUT2D eigenvalue weighted by Crippen LogP contribution is -2.31. The average molecular weight is 272 g/mol. The third-order valence-corrected chi connectivity index (χ3v) is 3.98. The maximum absolute atomic E-state index is 9.87. The van der Waals surface area contributed by atoms with Gasteiger partial charge in [0.1, 0.15) is 0 Å². The van der Waals surface area contributed by atoms with E-state index in [1.165, 1.54) is 12.8 Å². The molecule has 3 atom stereocenters. The molecule has 1 fully saturated rings. The molecule has 114 valence electrons. The van der Waals surface area contributed by atoms with Crippen molar-refractivity contribution in [2.75, 3.05) is 0 Å². The molecule has 0 saturated heterocycles. The Bertz CT molecular complexity index is 238. The highest BCUT2D eigenvalue weighted by Crippen LogP contribution is 2.33. The molecule has 0 amide bonds. The number of carboxylic acid groups (broad SMARTS) is 1. The second-order valence-corrected chi connectivity index (χ2v) is 6.24. The highest BCUT2D eigenvalue weighted by atomic mass is 16.4. The largest absolute Gasteiger partial charge is 0.481 e. The van der Waals surface area contributed by atoms with Crippen molar-refractivity contribution in [2.24, 2.45) is 17.8 Å². The topological polar surface area (TPSA) is 57.5 Å². The van der Waals surface area contributed by atoms with Gasteiger partial charge in [0, 0.05) is 6.42 Å². The fraction of sp³-hybridized carbons (Fsp3) is 0.938. The van der Waals surface area contributed by atoms with E-state index in [0.717, 1.165) is 31.6 Å². The Labute approximate surface area is 118 Å². The predicted molar refractivity (Wildman–Crippen MR) is 79.1 cm³/mol. The summed E-state index contributed by atoms with van der Waals surface area (Å²) in [5, 5.41) is 17.8. The molecule has 1 saturated carbocycles. The van der Waals surface area contributed by atoms with Gasteiger partial charge in [0.25, 0.3) is 0 Å². The van der Waals surface area contributed by atoms with Gasteiger partial charge in [-0.2, -0.15) is 0 Å². The molecule has 3 heteroatoms. The zero-order chi connectivity index (χ0) is 14.8. The molecule has 3 unspecified atom stereocenters. The minimum absolute atomic E-state index is 0.0289. The van der Waals surface area contributed by atoms with Crippen LogP contribution in [0, 0.1) is 17.8 Å². The first kappa shape index (κ1) is 18.4. The molecular weight excluding hydrogens is 240 g/mol. The number of hydrogen-bond donors (Lipinski definition) is 2. The lowest BCUT2D eigenvalue weighted by atomic mass is 9.75. The Kier molecular flexibility index (Phi) is 9.94. The molecule has 0 bridgehead atoms. The van der Waals surface area contributed by atoms with Crippen LogP contribution in [0.4, 0.5) is 0 Å². The van der Waals surface area contributed by atoms with Gasteiger partial charge in [-0.1, -0.05) is 47.0 Å². The Morgan fingerprint density at radius 1 is 1.26 bits per heavy atom. The molecule has 0 aromatic heterocycles. The zero-order valence-corrected chi connectivity index (χ0v) is 13.1. The molecule has 0 aromatic rings. The summed E-state index contributed by atoms with van der Waals surface area (Å²) in [6.07, 6.45) is 6.79. The van der Waals surface area contributed by atoms with Gasteiger partial charge in [-0.3, -0.25) is 4.79 Å². The number of unbranched alkanes of at least 4 members (excludes halogenated alkanes) is 2. The number of aliphatic hydroxyl groups excluding tert-OH is 1. The smallest absolute Gasteiger partial charge is 0.303 e. The van der Waals surface area contributed by atoms with E-state index in [2.05, 4.69) is 27.7 Å². The lowest BCUT2D eigenvalue weighted by molar-refractivity contribution is -0.137. The fourth-order valence-electron chi connectivity index (χ4n) is 2.68. The average Bonchev–Trinajstić information content (AvgIpc) is 2.29. The maximum atomic E-state index is 9.87. The summed E-state index contributed by atoms with van der Waals surface area (Å²) in [5.41, 5.74) is 0. The summed E-state index contributed by atoms with van der Waals surface area (Å²) in [6, 6.07) is 0. The molecule has 19 heavy (non-hydrogen) atoms. The van der Waals surface area contributed by atoms with Crippen LogP contribution < -0.4 is 0 Å². The van der Waals surface area contributed by atoms with Gasteiger partial charge < -0.3 is 10.2 Å². The standard InChI is InChI=1S/C10H20O.C6H12O2/c1-7(2)9-5-4-8(3)6-10(9)11;1-2-3-4-5-6(7)8/h7-11H,4-6H2,1-3H3;2-5H2,1H3,(H,7,8). The van der Waals surface area contributed by atoms with E-state index in [9.17, 15) is 9.90 Å². The lowest BCUT2D eigenvalue weighted by Gasteiger charge is -2.33. The van der Waals surface area contributed by atoms with Crippen LogP contribution in [-0.2, 0) is 4.79 Å². The van der Waals surface area contributed by atoms with Crippen molar-refractivity contribution in [3.05, 3.63) is 0 Å². The van der Waals surface area contributed by atoms with Crippen molar-refractivity contribution < 1.29 is 15.0 Å². The van der Waals surface area contributed by atoms with Gasteiger partial charge in [-0.25, -0.2) is 0 Å². The molecule has 1 aliphatic rings. The summed E-state index contributed by atoms with van der Waals surface area (Å²) in [7, 11) is 0. The van der Waals surface area contributed by atoms with E-state index >= 15 is 0 Å². The number of carboxylic acids is 1. The molecule has 0 heterocycles. The van der Waals surface area contributed by atoms with Gasteiger partial charge in [-0.15, -0.1) is 0 Å². The number of aliphatic carboxylic acids is 1. The van der Waals surface area contributed by atoms with Gasteiger partial charge in [0.2, 0.25) is 0 Å². The second-order valence-electron chi connectivity index (χ2n) is 6.24. The summed E-state index contributed by atoms with van der Waals surface area (Å²) in [6.45, 7) is 8.72. The third kappa shape index (κ3) is 9.04. The van der Waals surface area contributed by atoms with Crippen LogP contribution in [0.25, 0.3) is 0 Å². The van der Waals surface area contributed by atoms with Crippen LogP contribution in [0.15, 0.2) is 0 Å². The van der Waals surface area contributed by atoms with Crippen molar-refractivity contribution in [1.82, 2.24) is 0 Å². The van der Waals surface area contributed by atoms with Crippen molar-refractivity contribution in [3.8, 4) is 0 Å².